The van der Waals surface area contributed by atoms with Gasteiger partial charge in [0.2, 0.25) is 0 Å². The van der Waals surface area contributed by atoms with E-state index in [0.717, 1.165) is 39.5 Å². The molecule has 0 atom stereocenters. The quantitative estimate of drug-likeness (QED) is 0.410. The third kappa shape index (κ3) is 4.10. The van der Waals surface area contributed by atoms with E-state index in [1.54, 1.807) is 26.4 Å². The van der Waals surface area contributed by atoms with Gasteiger partial charge in [0.05, 0.1) is 19.9 Å². The van der Waals surface area contributed by atoms with E-state index in [1.807, 2.05) is 35.7 Å². The number of nitrogens with one attached hydrogen (secondary N) is 1. The summed E-state index contributed by atoms with van der Waals surface area (Å²) in [7, 11) is 3.24. The third-order valence-corrected chi connectivity index (χ3v) is 5.43. The number of aryl methyl sites for hydroxylation is 1. The number of halogens is 1. The Morgan fingerprint density at radius 3 is 2.38 bits per heavy atom. The zero-order valence-electron chi connectivity index (χ0n) is 18.9. The molecular formula is C25H27FN4O2. The molecule has 4 rings (SSSR count). The minimum Gasteiger partial charge on any atom is -0.493 e. The molecule has 0 saturated heterocycles. The first-order valence-corrected chi connectivity index (χ1v) is 10.5. The third-order valence-electron chi connectivity index (χ3n) is 5.43. The molecule has 2 aromatic heterocycles. The number of fused-ring (bicyclic) bond motifs is 1. The minimum absolute atomic E-state index is 0.236. The van der Waals surface area contributed by atoms with Crippen LogP contribution < -0.4 is 14.8 Å². The number of ether oxygens (including phenoxy) is 2. The topological polar surface area (TPSA) is 60.7 Å². The van der Waals surface area contributed by atoms with Crippen molar-refractivity contribution in [3.63, 3.8) is 0 Å². The summed E-state index contributed by atoms with van der Waals surface area (Å²) in [6.07, 6.45) is 0. The molecule has 0 aliphatic heterocycles. The van der Waals surface area contributed by atoms with Crippen LogP contribution in [0, 0.1) is 12.7 Å². The lowest BCUT2D eigenvalue weighted by Crippen LogP contribution is -2.08. The summed E-state index contributed by atoms with van der Waals surface area (Å²) in [5.74, 6) is 2.14. The van der Waals surface area contributed by atoms with Gasteiger partial charge in [-0.05, 0) is 48.2 Å². The van der Waals surface area contributed by atoms with Crippen molar-refractivity contribution < 1.29 is 13.9 Å². The standard InChI is InChI=1S/C25H27FN4O2/c1-15(2)20-13-23(27-14-17-6-9-19(26)10-7-17)30-25(28-20)24(16(3)29-30)18-8-11-21(31-4)22(12-18)32-5/h6-13,15,27H,14H2,1-5H3. The predicted molar refractivity (Wildman–Crippen MR) is 124 cm³/mol. The molecule has 0 unspecified atom stereocenters. The maximum absolute atomic E-state index is 13.3. The molecule has 2 aromatic carbocycles. The molecule has 6 nitrogen and oxygen atoms in total. The number of nitrogens with zero attached hydrogens (tertiary/aromatic N) is 3. The molecule has 0 fully saturated rings. The van der Waals surface area contributed by atoms with E-state index < -0.39 is 0 Å². The van der Waals surface area contributed by atoms with Gasteiger partial charge in [-0.2, -0.15) is 9.61 Å². The average molecular weight is 435 g/mol. The van der Waals surface area contributed by atoms with Crippen LogP contribution in [-0.2, 0) is 6.54 Å². The molecule has 7 heteroatoms. The second-order valence-electron chi connectivity index (χ2n) is 7.97. The van der Waals surface area contributed by atoms with Gasteiger partial charge in [-0.1, -0.05) is 32.0 Å². The number of methoxy groups -OCH3 is 2. The smallest absolute Gasteiger partial charge is 0.165 e. The summed E-state index contributed by atoms with van der Waals surface area (Å²) in [5, 5.41) is 8.22. The summed E-state index contributed by atoms with van der Waals surface area (Å²) in [5.41, 5.74) is 5.46. The van der Waals surface area contributed by atoms with E-state index in [4.69, 9.17) is 19.6 Å². The molecule has 32 heavy (non-hydrogen) atoms. The second-order valence-corrected chi connectivity index (χ2v) is 7.97. The fourth-order valence-electron chi connectivity index (χ4n) is 3.69. The SMILES string of the molecule is COc1ccc(-c2c(C)nn3c(NCc4ccc(F)cc4)cc(C(C)C)nc23)cc1OC. The van der Waals surface area contributed by atoms with Crippen molar-refractivity contribution >= 4 is 11.5 Å². The highest BCUT2D eigenvalue weighted by Gasteiger charge is 2.19. The first-order valence-electron chi connectivity index (χ1n) is 10.5. The summed E-state index contributed by atoms with van der Waals surface area (Å²) < 4.78 is 26.0. The van der Waals surface area contributed by atoms with Crippen molar-refractivity contribution in [3.8, 4) is 22.6 Å². The largest absolute Gasteiger partial charge is 0.493 e. The summed E-state index contributed by atoms with van der Waals surface area (Å²) in [6, 6.07) is 14.3. The van der Waals surface area contributed by atoms with Gasteiger partial charge in [0, 0.05) is 23.9 Å². The lowest BCUT2D eigenvalue weighted by atomic mass is 10.0. The van der Waals surface area contributed by atoms with Crippen molar-refractivity contribution in [1.29, 1.82) is 0 Å². The number of hydrogen-bond acceptors (Lipinski definition) is 5. The molecule has 4 aromatic rings. The number of aromatic nitrogens is 3. The van der Waals surface area contributed by atoms with Crippen molar-refractivity contribution in [2.24, 2.45) is 0 Å². The van der Waals surface area contributed by atoms with Gasteiger partial charge in [-0.25, -0.2) is 9.37 Å². The first kappa shape index (κ1) is 21.6. The van der Waals surface area contributed by atoms with E-state index in [2.05, 4.69) is 19.2 Å². The van der Waals surface area contributed by atoms with Crippen LogP contribution in [0.25, 0.3) is 16.8 Å². The zero-order chi connectivity index (χ0) is 22.8. The maximum Gasteiger partial charge on any atom is 0.165 e. The Hall–Kier alpha value is -3.61. The van der Waals surface area contributed by atoms with Crippen LogP contribution in [0.1, 0.15) is 36.7 Å². The van der Waals surface area contributed by atoms with E-state index >= 15 is 0 Å². The molecule has 1 N–H and O–H groups in total. The Kier molecular flexibility index (Phi) is 5.99. The Balaban J connectivity index is 1.82. The Morgan fingerprint density at radius 2 is 1.72 bits per heavy atom. The lowest BCUT2D eigenvalue weighted by molar-refractivity contribution is 0.355. The minimum atomic E-state index is -0.246. The van der Waals surface area contributed by atoms with Gasteiger partial charge in [0.1, 0.15) is 11.6 Å². The second kappa shape index (κ2) is 8.86. The van der Waals surface area contributed by atoms with E-state index in [9.17, 15) is 4.39 Å². The fourth-order valence-corrected chi connectivity index (χ4v) is 3.69. The van der Waals surface area contributed by atoms with Crippen molar-refractivity contribution in [1.82, 2.24) is 14.6 Å². The number of hydrogen-bond donors (Lipinski definition) is 1. The van der Waals surface area contributed by atoms with Crippen LogP contribution in [0.2, 0.25) is 0 Å². The summed E-state index contributed by atoms with van der Waals surface area (Å²) >= 11 is 0. The monoisotopic (exact) mass is 434 g/mol. The Bertz CT molecular complexity index is 1250. The molecule has 166 valence electrons. The Labute approximate surface area is 187 Å². The van der Waals surface area contributed by atoms with Crippen LogP contribution in [0.5, 0.6) is 11.5 Å². The van der Waals surface area contributed by atoms with E-state index in [0.29, 0.717) is 18.0 Å². The highest BCUT2D eigenvalue weighted by atomic mass is 19.1. The molecule has 0 aliphatic rings. The average Bonchev–Trinajstić information content (AvgIpc) is 3.13. The number of anilines is 1. The molecule has 0 spiro atoms. The van der Waals surface area contributed by atoms with Gasteiger partial charge >= 0.3 is 0 Å². The molecule has 0 saturated carbocycles. The van der Waals surface area contributed by atoms with Crippen LogP contribution >= 0.6 is 0 Å². The number of rotatable bonds is 7. The highest BCUT2D eigenvalue weighted by molar-refractivity contribution is 5.82. The van der Waals surface area contributed by atoms with Gasteiger partial charge in [-0.15, -0.1) is 0 Å². The summed E-state index contributed by atoms with van der Waals surface area (Å²) in [4.78, 5) is 4.94. The van der Waals surface area contributed by atoms with Crippen molar-refractivity contribution in [2.45, 2.75) is 33.2 Å². The number of benzene rings is 2. The molecule has 0 bridgehead atoms. The van der Waals surface area contributed by atoms with Gasteiger partial charge < -0.3 is 14.8 Å². The normalized spacial score (nSPS) is 11.2. The van der Waals surface area contributed by atoms with Crippen LogP contribution in [0.3, 0.4) is 0 Å². The molecule has 0 aliphatic carbocycles. The lowest BCUT2D eigenvalue weighted by Gasteiger charge is -2.13. The van der Waals surface area contributed by atoms with Gasteiger partial charge in [0.25, 0.3) is 0 Å². The van der Waals surface area contributed by atoms with E-state index in [-0.39, 0.29) is 11.7 Å². The van der Waals surface area contributed by atoms with Crippen molar-refractivity contribution in [3.05, 3.63) is 71.3 Å². The fraction of sp³-hybridized carbons (Fsp3) is 0.280. The van der Waals surface area contributed by atoms with Gasteiger partial charge in [-0.3, -0.25) is 0 Å². The van der Waals surface area contributed by atoms with Gasteiger partial charge in [0.15, 0.2) is 17.1 Å². The molecule has 0 radical (unpaired) electrons. The maximum atomic E-state index is 13.3. The zero-order valence-corrected chi connectivity index (χ0v) is 18.9. The molecular weight excluding hydrogens is 407 g/mol. The van der Waals surface area contributed by atoms with Crippen LogP contribution in [0.4, 0.5) is 10.2 Å². The van der Waals surface area contributed by atoms with Crippen molar-refractivity contribution in [2.75, 3.05) is 19.5 Å². The van der Waals surface area contributed by atoms with Crippen LogP contribution in [0.15, 0.2) is 48.5 Å². The highest BCUT2D eigenvalue weighted by Crippen LogP contribution is 2.36. The Morgan fingerprint density at radius 1 is 1.00 bits per heavy atom. The first-order chi connectivity index (χ1) is 15.4. The molecule has 2 heterocycles. The van der Waals surface area contributed by atoms with E-state index in [1.165, 1.54) is 12.1 Å². The van der Waals surface area contributed by atoms with Crippen LogP contribution in [-0.4, -0.2) is 28.8 Å². The molecule has 0 amide bonds. The predicted octanol–water partition coefficient (Wildman–Crippen LogP) is 5.60. The summed E-state index contributed by atoms with van der Waals surface area (Å²) in [6.45, 7) is 6.74.